The molecule has 0 unspecified atom stereocenters. The molecule has 0 bridgehead atoms. The van der Waals surface area contributed by atoms with Crippen molar-refractivity contribution in [3.63, 3.8) is 0 Å². The Labute approximate surface area is 191 Å². The number of aryl methyl sites for hydroxylation is 1. The van der Waals surface area contributed by atoms with Crippen molar-refractivity contribution in [2.24, 2.45) is 0 Å². The lowest BCUT2D eigenvalue weighted by Gasteiger charge is -2.07. The number of aromatic amines is 1. The Balaban J connectivity index is 1.60. The zero-order valence-electron chi connectivity index (χ0n) is 18.5. The highest BCUT2D eigenvalue weighted by Crippen LogP contribution is 2.35. The van der Waals surface area contributed by atoms with Crippen LogP contribution in [-0.4, -0.2) is 27.9 Å². The van der Waals surface area contributed by atoms with Gasteiger partial charge in [0, 0.05) is 41.2 Å². The van der Waals surface area contributed by atoms with Crippen LogP contribution >= 0.6 is 0 Å². The number of nitrogens with one attached hydrogen (secondary N) is 3. The number of hydrogen-bond acceptors (Lipinski definition) is 3. The monoisotopic (exact) mass is 443 g/mol. The number of carbonyl (C=O) groups excluding carboxylic acids is 2. The minimum Gasteiger partial charge on any atom is -0.481 e. The Morgan fingerprint density at radius 3 is 2.58 bits per heavy atom. The van der Waals surface area contributed by atoms with E-state index in [4.69, 9.17) is 5.11 Å². The fraction of sp³-hybridized carbons (Fsp3) is 0.192. The Morgan fingerprint density at radius 2 is 1.85 bits per heavy atom. The van der Waals surface area contributed by atoms with E-state index in [0.29, 0.717) is 35.4 Å². The lowest BCUT2D eigenvalue weighted by atomic mass is 10.0. The van der Waals surface area contributed by atoms with E-state index in [2.05, 4.69) is 15.6 Å². The van der Waals surface area contributed by atoms with Gasteiger partial charge in [0.05, 0.1) is 5.57 Å². The van der Waals surface area contributed by atoms with Crippen molar-refractivity contribution in [2.75, 3.05) is 5.32 Å². The van der Waals surface area contributed by atoms with Crippen molar-refractivity contribution in [1.29, 1.82) is 0 Å². The third-order valence-electron chi connectivity index (χ3n) is 5.87. The highest BCUT2D eigenvalue weighted by atomic mass is 16.4. The number of anilines is 1. The maximum atomic E-state index is 12.7. The summed E-state index contributed by atoms with van der Waals surface area (Å²) in [7, 11) is 0. The SMILES string of the molecule is Cc1[nH]c(/C=C2\C(=O)Nc3ccc(C(=O)NCc4ccccc4)cc32)c(C)c1CCC(=O)O. The Kier molecular flexibility index (Phi) is 6.13. The number of carboxylic acid groups (broad SMARTS) is 1. The smallest absolute Gasteiger partial charge is 0.303 e. The summed E-state index contributed by atoms with van der Waals surface area (Å²) in [6.45, 7) is 4.22. The van der Waals surface area contributed by atoms with Gasteiger partial charge in [-0.05, 0) is 61.2 Å². The molecule has 4 N–H and O–H groups in total. The number of carboxylic acids is 1. The number of fused-ring (bicyclic) bond motifs is 1. The molecular formula is C26H25N3O4. The first-order valence-corrected chi connectivity index (χ1v) is 10.7. The van der Waals surface area contributed by atoms with Crippen LogP contribution in [0.5, 0.6) is 0 Å². The number of rotatable bonds is 7. The molecule has 33 heavy (non-hydrogen) atoms. The van der Waals surface area contributed by atoms with Crippen LogP contribution in [0.1, 0.15) is 50.4 Å². The Morgan fingerprint density at radius 1 is 1.09 bits per heavy atom. The fourth-order valence-corrected chi connectivity index (χ4v) is 4.06. The normalized spacial score (nSPS) is 13.6. The average Bonchev–Trinajstić information content (AvgIpc) is 3.25. The Hall–Kier alpha value is -4.13. The highest BCUT2D eigenvalue weighted by molar-refractivity contribution is 6.35. The maximum absolute atomic E-state index is 12.7. The van der Waals surface area contributed by atoms with E-state index in [1.807, 2.05) is 44.2 Å². The van der Waals surface area contributed by atoms with Gasteiger partial charge < -0.3 is 20.7 Å². The fourth-order valence-electron chi connectivity index (χ4n) is 4.06. The van der Waals surface area contributed by atoms with Gasteiger partial charge in [-0.1, -0.05) is 30.3 Å². The van der Waals surface area contributed by atoms with E-state index in [1.54, 1.807) is 24.3 Å². The van der Waals surface area contributed by atoms with E-state index < -0.39 is 5.97 Å². The van der Waals surface area contributed by atoms with Crippen LogP contribution in [0.15, 0.2) is 48.5 Å². The molecule has 7 heteroatoms. The molecule has 0 spiro atoms. The zero-order valence-corrected chi connectivity index (χ0v) is 18.5. The van der Waals surface area contributed by atoms with Crippen LogP contribution in [0, 0.1) is 13.8 Å². The number of H-pyrrole nitrogens is 1. The molecule has 7 nitrogen and oxygen atoms in total. The number of benzene rings is 2. The van der Waals surface area contributed by atoms with Crippen LogP contribution in [0.2, 0.25) is 0 Å². The lowest BCUT2D eigenvalue weighted by molar-refractivity contribution is -0.137. The minimum atomic E-state index is -0.850. The molecule has 4 rings (SSSR count). The molecule has 0 aliphatic carbocycles. The standard InChI is InChI=1S/C26H25N3O4/c1-15-19(9-11-24(30)31)16(2)28-23(15)13-21-20-12-18(8-10-22(20)29-26(21)33)25(32)27-14-17-6-4-3-5-7-17/h3-8,10,12-13,28H,9,11,14H2,1-2H3,(H,27,32)(H,29,33)(H,30,31)/b21-13-. The van der Waals surface area contributed by atoms with Crippen molar-refractivity contribution >= 4 is 35.1 Å². The predicted octanol–water partition coefficient (Wildman–Crippen LogP) is 4.07. The van der Waals surface area contributed by atoms with Crippen molar-refractivity contribution in [2.45, 2.75) is 33.2 Å². The van der Waals surface area contributed by atoms with Crippen molar-refractivity contribution in [1.82, 2.24) is 10.3 Å². The molecule has 3 aromatic rings. The van der Waals surface area contributed by atoms with Crippen LogP contribution in [-0.2, 0) is 22.6 Å². The quantitative estimate of drug-likeness (QED) is 0.413. The van der Waals surface area contributed by atoms with Gasteiger partial charge >= 0.3 is 5.97 Å². The molecule has 0 atom stereocenters. The molecule has 0 radical (unpaired) electrons. The lowest BCUT2D eigenvalue weighted by Crippen LogP contribution is -2.22. The van der Waals surface area contributed by atoms with Crippen LogP contribution < -0.4 is 10.6 Å². The van der Waals surface area contributed by atoms with Gasteiger partial charge in [-0.3, -0.25) is 14.4 Å². The molecule has 1 aliphatic heterocycles. The molecule has 0 fully saturated rings. The number of aliphatic carboxylic acids is 1. The highest BCUT2D eigenvalue weighted by Gasteiger charge is 2.26. The minimum absolute atomic E-state index is 0.0420. The summed E-state index contributed by atoms with van der Waals surface area (Å²) < 4.78 is 0. The zero-order chi connectivity index (χ0) is 23.5. The molecule has 2 amide bonds. The number of carbonyl (C=O) groups is 3. The summed E-state index contributed by atoms with van der Waals surface area (Å²) in [5, 5.41) is 14.8. The second kappa shape index (κ2) is 9.16. The van der Waals surface area contributed by atoms with E-state index in [1.165, 1.54) is 0 Å². The summed E-state index contributed by atoms with van der Waals surface area (Å²) in [5.41, 5.74) is 6.73. The Bertz CT molecular complexity index is 1270. The number of amides is 2. The second-order valence-electron chi connectivity index (χ2n) is 8.10. The molecule has 0 saturated carbocycles. The second-order valence-corrected chi connectivity index (χ2v) is 8.10. The van der Waals surface area contributed by atoms with Gasteiger partial charge in [-0.2, -0.15) is 0 Å². The van der Waals surface area contributed by atoms with Crippen molar-refractivity contribution in [3.8, 4) is 0 Å². The van der Waals surface area contributed by atoms with E-state index in [-0.39, 0.29) is 18.2 Å². The molecule has 1 aromatic heterocycles. The van der Waals surface area contributed by atoms with Crippen LogP contribution in [0.4, 0.5) is 5.69 Å². The molecule has 2 heterocycles. The summed E-state index contributed by atoms with van der Waals surface area (Å²) in [6, 6.07) is 14.8. The summed E-state index contributed by atoms with van der Waals surface area (Å²) in [4.78, 5) is 39.6. The molecule has 1 aliphatic rings. The first kappa shape index (κ1) is 22.1. The first-order chi connectivity index (χ1) is 15.8. The van der Waals surface area contributed by atoms with E-state index >= 15 is 0 Å². The maximum Gasteiger partial charge on any atom is 0.303 e. The third kappa shape index (κ3) is 4.72. The van der Waals surface area contributed by atoms with Gasteiger partial charge in [-0.25, -0.2) is 0 Å². The number of aromatic nitrogens is 1. The van der Waals surface area contributed by atoms with Gasteiger partial charge in [0.2, 0.25) is 0 Å². The predicted molar refractivity (Wildman–Crippen MR) is 127 cm³/mol. The third-order valence-corrected chi connectivity index (χ3v) is 5.87. The topological polar surface area (TPSA) is 111 Å². The molecular weight excluding hydrogens is 418 g/mol. The number of hydrogen-bond donors (Lipinski definition) is 4. The van der Waals surface area contributed by atoms with Gasteiger partial charge in [0.1, 0.15) is 0 Å². The molecule has 0 saturated heterocycles. The van der Waals surface area contributed by atoms with E-state index in [9.17, 15) is 14.4 Å². The van der Waals surface area contributed by atoms with Crippen LogP contribution in [0.3, 0.4) is 0 Å². The van der Waals surface area contributed by atoms with E-state index in [0.717, 1.165) is 28.1 Å². The van der Waals surface area contributed by atoms with Gasteiger partial charge in [0.25, 0.3) is 11.8 Å². The van der Waals surface area contributed by atoms with Crippen molar-refractivity contribution in [3.05, 3.63) is 87.7 Å². The average molecular weight is 444 g/mol. The first-order valence-electron chi connectivity index (χ1n) is 10.7. The summed E-state index contributed by atoms with van der Waals surface area (Å²) in [6.07, 6.45) is 2.22. The summed E-state index contributed by atoms with van der Waals surface area (Å²) in [5.74, 6) is -1.31. The van der Waals surface area contributed by atoms with Gasteiger partial charge in [0.15, 0.2) is 0 Å². The molecule has 168 valence electrons. The van der Waals surface area contributed by atoms with Crippen LogP contribution in [0.25, 0.3) is 11.6 Å². The largest absolute Gasteiger partial charge is 0.481 e. The van der Waals surface area contributed by atoms with Gasteiger partial charge in [-0.15, -0.1) is 0 Å². The van der Waals surface area contributed by atoms with Crippen molar-refractivity contribution < 1.29 is 19.5 Å². The molecule has 2 aromatic carbocycles. The summed E-state index contributed by atoms with van der Waals surface area (Å²) >= 11 is 0.